The van der Waals surface area contributed by atoms with Crippen LogP contribution in [0.15, 0.2) is 72.8 Å². The Morgan fingerprint density at radius 1 is 1.03 bits per heavy atom. The van der Waals surface area contributed by atoms with Gasteiger partial charge in [0.05, 0.1) is 30.8 Å². The van der Waals surface area contributed by atoms with Crippen molar-refractivity contribution in [3.63, 3.8) is 0 Å². The molecule has 3 aromatic carbocycles. The Hall–Kier alpha value is -3.41. The Bertz CT molecular complexity index is 1320. The number of aromatic nitrogens is 1. The van der Waals surface area contributed by atoms with Crippen LogP contribution in [0.5, 0.6) is 0 Å². The van der Waals surface area contributed by atoms with Crippen LogP contribution in [0.4, 0.5) is 5.69 Å². The van der Waals surface area contributed by atoms with Crippen LogP contribution in [0.1, 0.15) is 36.6 Å². The third-order valence-corrected chi connectivity index (χ3v) is 6.42. The summed E-state index contributed by atoms with van der Waals surface area (Å²) in [6.45, 7) is 5.14. The summed E-state index contributed by atoms with van der Waals surface area (Å²) in [4.78, 5) is 29.9. The summed E-state index contributed by atoms with van der Waals surface area (Å²) in [7, 11) is 2.06. The standard InChI is InChI=1S/C30H31ClN2O3/c1-4-5-17-35-36-29(34)19-27-21(2)18-28-26(30(27)22-11-13-23(31)14-12-22)16-15-24(32-28)20-33(3)25-9-7-6-8-10-25/h6-16,18H,4-5,17,19-20H2,1-3H3. The van der Waals surface area contributed by atoms with Crippen molar-refractivity contribution in [2.45, 2.75) is 39.7 Å². The fourth-order valence-electron chi connectivity index (χ4n) is 4.25. The zero-order valence-electron chi connectivity index (χ0n) is 21.0. The first-order valence-corrected chi connectivity index (χ1v) is 12.6. The molecule has 0 radical (unpaired) electrons. The molecule has 0 atom stereocenters. The SMILES string of the molecule is CCCCOOC(=O)Cc1c(C)cc2nc(CN(C)c3ccccc3)ccc2c1-c1ccc(Cl)cc1. The van der Waals surface area contributed by atoms with E-state index in [9.17, 15) is 4.79 Å². The minimum atomic E-state index is -0.419. The van der Waals surface area contributed by atoms with Crippen LogP contribution in [0, 0.1) is 6.92 Å². The third-order valence-electron chi connectivity index (χ3n) is 6.17. The maximum atomic E-state index is 12.6. The Morgan fingerprint density at radius 2 is 1.78 bits per heavy atom. The van der Waals surface area contributed by atoms with Gasteiger partial charge in [-0.25, -0.2) is 4.79 Å². The van der Waals surface area contributed by atoms with Gasteiger partial charge in [0, 0.05) is 23.1 Å². The number of fused-ring (bicyclic) bond motifs is 1. The Balaban J connectivity index is 1.70. The van der Waals surface area contributed by atoms with Crippen LogP contribution in [-0.4, -0.2) is 24.6 Å². The zero-order chi connectivity index (χ0) is 25.5. The van der Waals surface area contributed by atoms with E-state index in [1.165, 1.54) is 0 Å². The van der Waals surface area contributed by atoms with Gasteiger partial charge in [0.15, 0.2) is 0 Å². The molecule has 0 spiro atoms. The second-order valence-electron chi connectivity index (χ2n) is 8.92. The number of rotatable bonds is 10. The summed E-state index contributed by atoms with van der Waals surface area (Å²) in [5.41, 5.74) is 6.78. The Labute approximate surface area is 217 Å². The van der Waals surface area contributed by atoms with E-state index in [2.05, 4.69) is 37.1 Å². The van der Waals surface area contributed by atoms with Crippen LogP contribution >= 0.6 is 11.6 Å². The molecule has 6 heteroatoms. The molecule has 5 nitrogen and oxygen atoms in total. The first-order valence-electron chi connectivity index (χ1n) is 12.2. The van der Waals surface area contributed by atoms with Crippen molar-refractivity contribution in [1.82, 2.24) is 4.98 Å². The summed E-state index contributed by atoms with van der Waals surface area (Å²) >= 11 is 6.17. The molecule has 4 rings (SSSR count). The van der Waals surface area contributed by atoms with E-state index in [0.717, 1.165) is 57.4 Å². The number of carbonyl (C=O) groups is 1. The van der Waals surface area contributed by atoms with Gasteiger partial charge in [0.2, 0.25) is 0 Å². The predicted molar refractivity (Wildman–Crippen MR) is 146 cm³/mol. The van der Waals surface area contributed by atoms with Gasteiger partial charge in [0.1, 0.15) is 0 Å². The number of benzene rings is 3. The van der Waals surface area contributed by atoms with Crippen LogP contribution in [0.25, 0.3) is 22.0 Å². The molecule has 0 amide bonds. The number of hydrogen-bond donors (Lipinski definition) is 0. The number of halogens is 1. The highest BCUT2D eigenvalue weighted by Gasteiger charge is 2.19. The molecule has 1 aromatic heterocycles. The fourth-order valence-corrected chi connectivity index (χ4v) is 4.38. The van der Waals surface area contributed by atoms with E-state index in [1.807, 2.05) is 61.5 Å². The molecule has 0 aliphatic heterocycles. The predicted octanol–water partition coefficient (Wildman–Crippen LogP) is 7.32. The van der Waals surface area contributed by atoms with E-state index in [-0.39, 0.29) is 6.42 Å². The number of nitrogens with zero attached hydrogens (tertiary/aromatic N) is 2. The minimum Gasteiger partial charge on any atom is -0.369 e. The highest BCUT2D eigenvalue weighted by atomic mass is 35.5. The molecule has 0 saturated carbocycles. The lowest BCUT2D eigenvalue weighted by Crippen LogP contribution is -2.17. The van der Waals surface area contributed by atoms with E-state index in [1.54, 1.807) is 0 Å². The second kappa shape index (κ2) is 12.0. The van der Waals surface area contributed by atoms with Crippen molar-refractivity contribution in [3.8, 4) is 11.1 Å². The summed E-state index contributed by atoms with van der Waals surface area (Å²) in [6, 6.07) is 24.1. The molecule has 0 unspecified atom stereocenters. The highest BCUT2D eigenvalue weighted by Crippen LogP contribution is 2.35. The fraction of sp³-hybridized carbons (Fsp3) is 0.267. The minimum absolute atomic E-state index is 0.102. The van der Waals surface area contributed by atoms with Gasteiger partial charge in [-0.3, -0.25) is 9.87 Å². The number of pyridine rings is 1. The van der Waals surface area contributed by atoms with Crippen molar-refractivity contribution < 1.29 is 14.6 Å². The number of aryl methyl sites for hydroxylation is 1. The topological polar surface area (TPSA) is 51.7 Å². The lowest BCUT2D eigenvalue weighted by molar-refractivity contribution is -0.272. The van der Waals surface area contributed by atoms with Crippen molar-refractivity contribution in [2.75, 3.05) is 18.6 Å². The van der Waals surface area contributed by atoms with Crippen molar-refractivity contribution in [3.05, 3.63) is 94.6 Å². The molecular weight excluding hydrogens is 472 g/mol. The van der Waals surface area contributed by atoms with Gasteiger partial charge >= 0.3 is 5.97 Å². The average Bonchev–Trinajstić information content (AvgIpc) is 2.88. The molecule has 0 bridgehead atoms. The van der Waals surface area contributed by atoms with E-state index >= 15 is 0 Å². The van der Waals surface area contributed by atoms with Crippen molar-refractivity contribution >= 4 is 34.2 Å². The maximum Gasteiger partial charge on any atom is 0.346 e. The monoisotopic (exact) mass is 502 g/mol. The second-order valence-corrected chi connectivity index (χ2v) is 9.36. The molecule has 0 saturated heterocycles. The smallest absolute Gasteiger partial charge is 0.346 e. The number of para-hydroxylation sites is 1. The van der Waals surface area contributed by atoms with Crippen LogP contribution in [-0.2, 0) is 27.5 Å². The van der Waals surface area contributed by atoms with Gasteiger partial charge in [-0.15, -0.1) is 0 Å². The number of anilines is 1. The zero-order valence-corrected chi connectivity index (χ0v) is 21.7. The van der Waals surface area contributed by atoms with E-state index < -0.39 is 5.97 Å². The first-order chi connectivity index (χ1) is 17.5. The lowest BCUT2D eigenvalue weighted by atomic mass is 9.90. The van der Waals surface area contributed by atoms with E-state index in [0.29, 0.717) is 18.2 Å². The molecule has 0 aliphatic rings. The van der Waals surface area contributed by atoms with Gasteiger partial charge in [-0.1, -0.05) is 61.3 Å². The average molecular weight is 503 g/mol. The van der Waals surface area contributed by atoms with E-state index in [4.69, 9.17) is 26.4 Å². The quantitative estimate of drug-likeness (QED) is 0.129. The number of carbonyl (C=O) groups excluding carboxylic acids is 1. The maximum absolute atomic E-state index is 12.6. The lowest BCUT2D eigenvalue weighted by Gasteiger charge is -2.20. The van der Waals surface area contributed by atoms with Crippen LogP contribution in [0.3, 0.4) is 0 Å². The third kappa shape index (κ3) is 6.23. The number of hydrogen-bond acceptors (Lipinski definition) is 5. The molecule has 0 aliphatic carbocycles. The molecule has 36 heavy (non-hydrogen) atoms. The Morgan fingerprint density at radius 3 is 2.50 bits per heavy atom. The molecular formula is C30H31ClN2O3. The largest absolute Gasteiger partial charge is 0.369 e. The molecule has 186 valence electrons. The van der Waals surface area contributed by atoms with Crippen LogP contribution < -0.4 is 4.90 Å². The van der Waals surface area contributed by atoms with Gasteiger partial charge < -0.3 is 4.90 Å². The summed E-state index contributed by atoms with van der Waals surface area (Å²) in [6.07, 6.45) is 1.91. The summed E-state index contributed by atoms with van der Waals surface area (Å²) in [5.74, 6) is -0.419. The van der Waals surface area contributed by atoms with Gasteiger partial charge in [-0.2, -0.15) is 4.89 Å². The normalized spacial score (nSPS) is 11.0. The summed E-state index contributed by atoms with van der Waals surface area (Å²) < 4.78 is 0. The molecule has 4 aromatic rings. The highest BCUT2D eigenvalue weighted by molar-refractivity contribution is 6.30. The van der Waals surface area contributed by atoms with Crippen molar-refractivity contribution in [2.24, 2.45) is 0 Å². The number of unbranched alkanes of at least 4 members (excludes halogenated alkanes) is 1. The van der Waals surface area contributed by atoms with Crippen molar-refractivity contribution in [1.29, 1.82) is 0 Å². The first kappa shape index (κ1) is 25.7. The van der Waals surface area contributed by atoms with Gasteiger partial charge in [-0.05, 0) is 72.0 Å². The Kier molecular flexibility index (Phi) is 8.57. The summed E-state index contributed by atoms with van der Waals surface area (Å²) in [5, 5.41) is 1.63. The molecule has 0 fully saturated rings. The van der Waals surface area contributed by atoms with Gasteiger partial charge in [0.25, 0.3) is 0 Å². The molecule has 1 heterocycles. The van der Waals surface area contributed by atoms with Crippen LogP contribution in [0.2, 0.25) is 5.02 Å². The molecule has 0 N–H and O–H groups in total.